The number of hydrogen-bond acceptors (Lipinski definition) is 4. The molecule has 0 saturated carbocycles. The second-order valence-corrected chi connectivity index (χ2v) is 11.7. The van der Waals surface area contributed by atoms with Gasteiger partial charge in [0.25, 0.3) is 10.0 Å². The molecule has 0 aromatic heterocycles. The first kappa shape index (κ1) is 30.1. The van der Waals surface area contributed by atoms with Crippen LogP contribution in [0.2, 0.25) is 20.1 Å². The third-order valence-electron chi connectivity index (χ3n) is 5.76. The summed E-state index contributed by atoms with van der Waals surface area (Å²) < 4.78 is 28.4. The van der Waals surface area contributed by atoms with E-state index in [0.29, 0.717) is 15.6 Å². The Hall–Kier alpha value is -2.49. The number of carbonyl (C=O) groups is 2. The van der Waals surface area contributed by atoms with Crippen LogP contribution in [-0.2, 0) is 26.2 Å². The van der Waals surface area contributed by atoms with Gasteiger partial charge >= 0.3 is 0 Å². The van der Waals surface area contributed by atoms with Gasteiger partial charge in [0.05, 0.1) is 25.7 Å². The van der Waals surface area contributed by atoms with Crippen molar-refractivity contribution in [1.82, 2.24) is 10.2 Å². The van der Waals surface area contributed by atoms with Crippen LogP contribution in [0.1, 0.15) is 18.9 Å². The zero-order valence-electron chi connectivity index (χ0n) is 20.5. The first-order valence-corrected chi connectivity index (χ1v) is 14.4. The molecule has 0 bridgehead atoms. The second-order valence-electron chi connectivity index (χ2n) is 8.23. The Morgan fingerprint density at radius 2 is 1.58 bits per heavy atom. The number of nitrogens with zero attached hydrogens (tertiary/aromatic N) is 2. The van der Waals surface area contributed by atoms with Gasteiger partial charge in [-0.25, -0.2) is 8.42 Å². The van der Waals surface area contributed by atoms with Crippen LogP contribution in [0.4, 0.5) is 5.69 Å². The highest BCUT2D eigenvalue weighted by atomic mass is 35.5. The Bertz CT molecular complexity index is 1420. The molecule has 0 spiro atoms. The first-order chi connectivity index (χ1) is 18.0. The second kappa shape index (κ2) is 13.0. The monoisotopic (exact) mass is 615 g/mol. The maximum Gasteiger partial charge on any atom is 0.264 e. The molecule has 38 heavy (non-hydrogen) atoms. The summed E-state index contributed by atoms with van der Waals surface area (Å²) in [4.78, 5) is 27.9. The molecule has 202 valence electrons. The van der Waals surface area contributed by atoms with Crippen molar-refractivity contribution in [1.29, 1.82) is 0 Å². The highest BCUT2D eigenvalue weighted by Crippen LogP contribution is 2.33. The smallest absolute Gasteiger partial charge is 0.264 e. The average molecular weight is 617 g/mol. The van der Waals surface area contributed by atoms with Crippen molar-refractivity contribution < 1.29 is 18.0 Å². The standard InChI is InChI=1S/C26H25Cl4N3O4S/c1-3-23(26(35)31-2)32(15-17-9-11-20(28)21(29)13-17)25(34)16-33(24-12-10-18(27)14-22(24)30)38(36,37)19-7-5-4-6-8-19/h4-14,23H,3,15-16H2,1-2H3,(H,31,35)/t23-/m0/s1. The van der Waals surface area contributed by atoms with Gasteiger partial charge in [-0.3, -0.25) is 13.9 Å². The molecular weight excluding hydrogens is 592 g/mol. The number of amides is 2. The number of hydrogen-bond donors (Lipinski definition) is 1. The lowest BCUT2D eigenvalue weighted by atomic mass is 10.1. The molecule has 1 N–H and O–H groups in total. The minimum absolute atomic E-state index is 0.0186. The summed E-state index contributed by atoms with van der Waals surface area (Å²) in [7, 11) is -2.78. The van der Waals surface area contributed by atoms with Crippen molar-refractivity contribution >= 4 is 73.9 Å². The van der Waals surface area contributed by atoms with Crippen LogP contribution in [0.25, 0.3) is 0 Å². The molecule has 0 unspecified atom stereocenters. The van der Waals surface area contributed by atoms with Crippen LogP contribution in [0, 0.1) is 0 Å². The zero-order chi connectivity index (χ0) is 28.0. The van der Waals surface area contributed by atoms with Gasteiger partial charge in [0, 0.05) is 18.6 Å². The molecule has 0 aliphatic rings. The van der Waals surface area contributed by atoms with Gasteiger partial charge in [-0.15, -0.1) is 0 Å². The molecule has 1 atom stereocenters. The van der Waals surface area contributed by atoms with E-state index in [4.69, 9.17) is 46.4 Å². The summed E-state index contributed by atoms with van der Waals surface area (Å²) >= 11 is 24.7. The Morgan fingerprint density at radius 3 is 2.16 bits per heavy atom. The third kappa shape index (κ3) is 6.93. The Morgan fingerprint density at radius 1 is 0.895 bits per heavy atom. The number of sulfonamides is 1. The van der Waals surface area contributed by atoms with Crippen molar-refractivity contribution in [2.24, 2.45) is 0 Å². The van der Waals surface area contributed by atoms with Crippen LogP contribution >= 0.6 is 46.4 Å². The number of halogens is 4. The Labute approximate surface area is 242 Å². The molecule has 12 heteroatoms. The van der Waals surface area contributed by atoms with Crippen molar-refractivity contribution in [3.05, 3.63) is 92.4 Å². The minimum Gasteiger partial charge on any atom is -0.357 e. The minimum atomic E-state index is -4.24. The van der Waals surface area contributed by atoms with Gasteiger partial charge in [0.1, 0.15) is 12.6 Å². The average Bonchev–Trinajstić information content (AvgIpc) is 2.89. The fourth-order valence-electron chi connectivity index (χ4n) is 3.84. The van der Waals surface area contributed by atoms with Crippen molar-refractivity contribution in [3.8, 4) is 0 Å². The van der Waals surface area contributed by atoms with E-state index in [1.54, 1.807) is 43.3 Å². The van der Waals surface area contributed by atoms with Crippen LogP contribution in [0.3, 0.4) is 0 Å². The van der Waals surface area contributed by atoms with E-state index in [-0.39, 0.29) is 33.6 Å². The highest BCUT2D eigenvalue weighted by Gasteiger charge is 2.34. The lowest BCUT2D eigenvalue weighted by molar-refractivity contribution is -0.140. The van der Waals surface area contributed by atoms with Crippen molar-refractivity contribution in [3.63, 3.8) is 0 Å². The quantitative estimate of drug-likeness (QED) is 0.300. The van der Waals surface area contributed by atoms with Gasteiger partial charge in [-0.1, -0.05) is 77.6 Å². The van der Waals surface area contributed by atoms with Crippen LogP contribution in [-0.4, -0.2) is 44.8 Å². The van der Waals surface area contributed by atoms with Crippen LogP contribution in [0.5, 0.6) is 0 Å². The molecule has 3 rings (SSSR count). The number of benzene rings is 3. The number of rotatable bonds is 10. The molecule has 0 aliphatic heterocycles. The number of carbonyl (C=O) groups excluding carboxylic acids is 2. The highest BCUT2D eigenvalue weighted by molar-refractivity contribution is 7.92. The third-order valence-corrected chi connectivity index (χ3v) is 8.81. The van der Waals surface area contributed by atoms with Gasteiger partial charge < -0.3 is 10.2 Å². The molecule has 0 radical (unpaired) electrons. The van der Waals surface area contributed by atoms with Crippen LogP contribution < -0.4 is 9.62 Å². The fraction of sp³-hybridized carbons (Fsp3) is 0.231. The fourth-order valence-corrected chi connectivity index (χ4v) is 6.17. The molecule has 3 aromatic rings. The van der Waals surface area contributed by atoms with E-state index in [2.05, 4.69) is 5.32 Å². The maximum atomic E-state index is 13.9. The summed E-state index contributed by atoms with van der Waals surface area (Å²) in [6.45, 7) is 1.10. The molecule has 7 nitrogen and oxygen atoms in total. The van der Waals surface area contributed by atoms with Gasteiger partial charge in [0.2, 0.25) is 11.8 Å². The van der Waals surface area contributed by atoms with Crippen LogP contribution in [0.15, 0.2) is 71.6 Å². The lowest BCUT2D eigenvalue weighted by Gasteiger charge is -2.33. The Balaban J connectivity index is 2.09. The summed E-state index contributed by atoms with van der Waals surface area (Å²) in [6, 6.07) is 15.9. The normalized spacial score (nSPS) is 12.1. The predicted molar refractivity (Wildman–Crippen MR) is 153 cm³/mol. The molecular formula is C26H25Cl4N3O4S. The van der Waals surface area contributed by atoms with E-state index in [1.807, 2.05) is 0 Å². The molecule has 0 saturated heterocycles. The first-order valence-electron chi connectivity index (χ1n) is 11.5. The van der Waals surface area contributed by atoms with Crippen molar-refractivity contribution in [2.75, 3.05) is 17.9 Å². The predicted octanol–water partition coefficient (Wildman–Crippen LogP) is 6.05. The SMILES string of the molecule is CC[C@@H](C(=O)NC)N(Cc1ccc(Cl)c(Cl)c1)C(=O)CN(c1ccc(Cl)cc1Cl)S(=O)(=O)c1ccccc1. The lowest BCUT2D eigenvalue weighted by Crippen LogP contribution is -2.51. The maximum absolute atomic E-state index is 13.9. The van der Waals surface area contributed by atoms with E-state index >= 15 is 0 Å². The molecule has 0 fully saturated rings. The van der Waals surface area contributed by atoms with E-state index < -0.39 is 34.4 Å². The molecule has 3 aromatic carbocycles. The molecule has 0 heterocycles. The molecule has 0 aliphatic carbocycles. The Kier molecular flexibility index (Phi) is 10.3. The summed E-state index contributed by atoms with van der Waals surface area (Å²) in [5.41, 5.74) is 0.674. The van der Waals surface area contributed by atoms with Gasteiger partial charge in [-0.2, -0.15) is 0 Å². The van der Waals surface area contributed by atoms with E-state index in [0.717, 1.165) is 4.31 Å². The summed E-state index contributed by atoms with van der Waals surface area (Å²) in [6.07, 6.45) is 0.278. The zero-order valence-corrected chi connectivity index (χ0v) is 24.3. The van der Waals surface area contributed by atoms with Gasteiger partial charge in [-0.05, 0) is 54.4 Å². The van der Waals surface area contributed by atoms with Gasteiger partial charge in [0.15, 0.2) is 0 Å². The number of likely N-dealkylation sites (N-methyl/N-ethyl adjacent to an activating group) is 1. The summed E-state index contributed by atoms with van der Waals surface area (Å²) in [5.74, 6) is -1.03. The van der Waals surface area contributed by atoms with E-state index in [1.165, 1.54) is 42.3 Å². The largest absolute Gasteiger partial charge is 0.357 e. The number of nitrogens with one attached hydrogen (secondary N) is 1. The topological polar surface area (TPSA) is 86.8 Å². The molecule has 2 amide bonds. The van der Waals surface area contributed by atoms with E-state index in [9.17, 15) is 18.0 Å². The summed E-state index contributed by atoms with van der Waals surface area (Å²) in [5, 5.41) is 3.53. The van der Waals surface area contributed by atoms with Crippen molar-refractivity contribution in [2.45, 2.75) is 30.8 Å². The number of anilines is 1.